The van der Waals surface area contributed by atoms with Crippen molar-refractivity contribution in [3.63, 3.8) is 0 Å². The van der Waals surface area contributed by atoms with Crippen LogP contribution in [0, 0.1) is 5.92 Å². The third-order valence-electron chi connectivity index (χ3n) is 4.74. The minimum atomic E-state index is -0.863. The van der Waals surface area contributed by atoms with Gasteiger partial charge in [0.05, 0.1) is 30.3 Å². The molecule has 0 aromatic rings. The summed E-state index contributed by atoms with van der Waals surface area (Å²) in [4.78, 5) is 23.5. The second-order valence-electron chi connectivity index (χ2n) is 6.16. The van der Waals surface area contributed by atoms with Crippen LogP contribution in [0.3, 0.4) is 0 Å². The van der Waals surface area contributed by atoms with Crippen LogP contribution in [0.25, 0.3) is 0 Å². The highest BCUT2D eigenvalue weighted by atomic mass is 16.7. The molecule has 0 radical (unpaired) electrons. The zero-order valence-corrected chi connectivity index (χ0v) is 11.2. The molecule has 0 spiro atoms. The Hall–Kier alpha value is -1.14. The predicted molar refractivity (Wildman–Crippen MR) is 64.9 cm³/mol. The van der Waals surface area contributed by atoms with Crippen LogP contribution < -0.4 is 0 Å². The second kappa shape index (κ2) is 4.70. The number of hydrogen-bond donors (Lipinski definition) is 0. The fourth-order valence-corrected chi connectivity index (χ4v) is 3.42. The number of rotatable bonds is 2. The van der Waals surface area contributed by atoms with Crippen LogP contribution in [0.2, 0.25) is 0 Å². The lowest BCUT2D eigenvalue weighted by Crippen LogP contribution is -2.29. The molecule has 2 heterocycles. The molecule has 2 saturated heterocycles. The van der Waals surface area contributed by atoms with E-state index in [2.05, 4.69) is 0 Å². The van der Waals surface area contributed by atoms with Gasteiger partial charge >= 0.3 is 12.1 Å². The molecular formula is C14H18O6. The molecule has 0 bridgehead atoms. The van der Waals surface area contributed by atoms with Crippen molar-refractivity contribution in [2.75, 3.05) is 0 Å². The van der Waals surface area contributed by atoms with Crippen LogP contribution in [0.5, 0.6) is 0 Å². The molecular weight excluding hydrogens is 264 g/mol. The number of fused-ring (bicyclic) bond motifs is 2. The van der Waals surface area contributed by atoms with E-state index >= 15 is 0 Å². The van der Waals surface area contributed by atoms with Crippen molar-refractivity contribution in [2.45, 2.75) is 69.0 Å². The predicted octanol–water partition coefficient (Wildman–Crippen LogP) is 1.55. The van der Waals surface area contributed by atoms with Gasteiger partial charge in [0.1, 0.15) is 6.10 Å². The largest absolute Gasteiger partial charge is 0.516 e. The van der Waals surface area contributed by atoms with Gasteiger partial charge in [-0.05, 0) is 32.1 Å². The number of carbonyl (C=O) groups excluding carboxylic acids is 2. The van der Waals surface area contributed by atoms with E-state index in [9.17, 15) is 9.59 Å². The summed E-state index contributed by atoms with van der Waals surface area (Å²) >= 11 is 0. The SMILES string of the molecule is O=C(OC(=O)C1CCC2OC2C1)OC1CCC2OC2C1. The van der Waals surface area contributed by atoms with Crippen molar-refractivity contribution >= 4 is 12.1 Å². The Bertz CT molecular complexity index is 435. The topological polar surface area (TPSA) is 77.7 Å². The molecule has 0 aromatic heterocycles. The lowest BCUT2D eigenvalue weighted by atomic mass is 9.89. The van der Waals surface area contributed by atoms with Gasteiger partial charge in [-0.2, -0.15) is 0 Å². The second-order valence-corrected chi connectivity index (χ2v) is 6.16. The average Bonchev–Trinajstić information content (AvgIpc) is 3.31. The van der Waals surface area contributed by atoms with Crippen molar-refractivity contribution in [3.8, 4) is 0 Å². The zero-order chi connectivity index (χ0) is 13.7. The number of hydrogen-bond acceptors (Lipinski definition) is 6. The molecule has 2 saturated carbocycles. The Morgan fingerprint density at radius 3 is 2.25 bits per heavy atom. The Morgan fingerprint density at radius 2 is 1.55 bits per heavy atom. The van der Waals surface area contributed by atoms with Crippen LogP contribution in [0.15, 0.2) is 0 Å². The van der Waals surface area contributed by atoms with Crippen LogP contribution in [-0.2, 0) is 23.7 Å². The van der Waals surface area contributed by atoms with E-state index in [1.165, 1.54) is 0 Å². The summed E-state index contributed by atoms with van der Waals surface area (Å²) in [6.45, 7) is 0. The van der Waals surface area contributed by atoms with Gasteiger partial charge in [0, 0.05) is 6.42 Å². The van der Waals surface area contributed by atoms with Gasteiger partial charge in [-0.1, -0.05) is 0 Å². The van der Waals surface area contributed by atoms with Gasteiger partial charge in [0.25, 0.3) is 0 Å². The minimum Gasteiger partial charge on any atom is -0.431 e. The highest BCUT2D eigenvalue weighted by Gasteiger charge is 2.47. The lowest BCUT2D eigenvalue weighted by molar-refractivity contribution is -0.146. The first-order valence-electron chi connectivity index (χ1n) is 7.42. The molecule has 0 aromatic carbocycles. The first kappa shape index (κ1) is 12.6. The Balaban J connectivity index is 1.23. The van der Waals surface area contributed by atoms with E-state index < -0.39 is 12.1 Å². The van der Waals surface area contributed by atoms with Gasteiger partial charge in [-0.15, -0.1) is 0 Å². The molecule has 4 aliphatic rings. The number of epoxide rings is 2. The third-order valence-corrected chi connectivity index (χ3v) is 4.74. The highest BCUT2D eigenvalue weighted by molar-refractivity contribution is 5.83. The van der Waals surface area contributed by atoms with Crippen molar-refractivity contribution in [2.24, 2.45) is 5.92 Å². The lowest BCUT2D eigenvalue weighted by Gasteiger charge is -2.20. The summed E-state index contributed by atoms with van der Waals surface area (Å²) in [5, 5.41) is 0. The molecule has 110 valence electrons. The monoisotopic (exact) mass is 282 g/mol. The van der Waals surface area contributed by atoms with E-state index in [4.69, 9.17) is 18.9 Å². The molecule has 0 amide bonds. The maximum atomic E-state index is 11.9. The Labute approximate surface area is 116 Å². The highest BCUT2D eigenvalue weighted by Crippen LogP contribution is 2.40. The van der Waals surface area contributed by atoms with E-state index in [1.54, 1.807) is 0 Å². The first-order chi connectivity index (χ1) is 9.69. The Kier molecular flexibility index (Phi) is 2.96. The molecule has 6 atom stereocenters. The third kappa shape index (κ3) is 2.54. The first-order valence-corrected chi connectivity index (χ1v) is 7.42. The van der Waals surface area contributed by atoms with Crippen molar-refractivity contribution in [1.29, 1.82) is 0 Å². The van der Waals surface area contributed by atoms with Crippen LogP contribution in [-0.4, -0.2) is 42.6 Å². The van der Waals surface area contributed by atoms with E-state index in [1.807, 2.05) is 0 Å². The maximum Gasteiger partial charge on any atom is 0.516 e. The smallest absolute Gasteiger partial charge is 0.431 e. The molecule has 6 heteroatoms. The number of ether oxygens (including phenoxy) is 4. The molecule has 2 aliphatic carbocycles. The summed E-state index contributed by atoms with van der Waals surface area (Å²) in [5.41, 5.74) is 0. The average molecular weight is 282 g/mol. The Morgan fingerprint density at radius 1 is 0.850 bits per heavy atom. The molecule has 6 nitrogen and oxygen atoms in total. The zero-order valence-electron chi connectivity index (χ0n) is 11.2. The number of esters is 1. The summed E-state index contributed by atoms with van der Waals surface area (Å²) in [7, 11) is 0. The molecule has 20 heavy (non-hydrogen) atoms. The van der Waals surface area contributed by atoms with Crippen LogP contribution >= 0.6 is 0 Å². The van der Waals surface area contributed by atoms with E-state index in [0.717, 1.165) is 32.1 Å². The summed E-state index contributed by atoms with van der Waals surface area (Å²) in [6, 6.07) is 0. The molecule has 4 fully saturated rings. The standard InChI is InChI=1S/C14H18O6/c15-13(7-1-3-9-11(5-7)18-9)20-14(16)17-8-2-4-10-12(6-8)19-10/h7-12H,1-6H2. The summed E-state index contributed by atoms with van der Waals surface area (Å²) in [5.74, 6) is -0.700. The number of carbonyl (C=O) groups is 2. The molecule has 4 rings (SSSR count). The van der Waals surface area contributed by atoms with E-state index in [0.29, 0.717) is 18.6 Å². The van der Waals surface area contributed by atoms with Gasteiger partial charge in [-0.25, -0.2) is 4.79 Å². The van der Waals surface area contributed by atoms with Gasteiger partial charge in [-0.3, -0.25) is 4.79 Å². The van der Waals surface area contributed by atoms with Gasteiger partial charge in [0.2, 0.25) is 0 Å². The molecule has 2 aliphatic heterocycles. The van der Waals surface area contributed by atoms with Crippen LogP contribution in [0.4, 0.5) is 4.79 Å². The van der Waals surface area contributed by atoms with Crippen molar-refractivity contribution in [1.82, 2.24) is 0 Å². The minimum absolute atomic E-state index is 0.179. The molecule has 6 unspecified atom stereocenters. The quantitative estimate of drug-likeness (QED) is 0.434. The molecule has 0 N–H and O–H groups in total. The van der Waals surface area contributed by atoms with Crippen LogP contribution in [0.1, 0.15) is 38.5 Å². The van der Waals surface area contributed by atoms with Gasteiger partial charge in [0.15, 0.2) is 0 Å². The fraction of sp³-hybridized carbons (Fsp3) is 0.857. The fourth-order valence-electron chi connectivity index (χ4n) is 3.42. The van der Waals surface area contributed by atoms with Crippen molar-refractivity contribution in [3.05, 3.63) is 0 Å². The van der Waals surface area contributed by atoms with Crippen molar-refractivity contribution < 1.29 is 28.5 Å². The summed E-state index contributed by atoms with van der Waals surface area (Å²) in [6.07, 6.45) is 4.77. The normalized spacial score (nSPS) is 44.8. The maximum absolute atomic E-state index is 11.9. The van der Waals surface area contributed by atoms with E-state index in [-0.39, 0.29) is 24.2 Å². The van der Waals surface area contributed by atoms with Gasteiger partial charge < -0.3 is 18.9 Å². The summed E-state index contributed by atoms with van der Waals surface area (Å²) < 4.78 is 20.7.